The second-order valence-corrected chi connectivity index (χ2v) is 9.84. The van der Waals surface area contributed by atoms with Crippen LogP contribution < -0.4 is 30.3 Å². The summed E-state index contributed by atoms with van der Waals surface area (Å²) in [6.07, 6.45) is 0.442. The molecule has 2 atom stereocenters. The third kappa shape index (κ3) is 8.63. The van der Waals surface area contributed by atoms with Gasteiger partial charge in [-0.05, 0) is 79.1 Å². The van der Waals surface area contributed by atoms with Crippen molar-refractivity contribution in [3.8, 4) is 17.2 Å². The molecule has 0 spiro atoms. The van der Waals surface area contributed by atoms with Crippen molar-refractivity contribution in [1.82, 2.24) is 16.1 Å². The van der Waals surface area contributed by atoms with E-state index >= 15 is 0 Å². The average molecular weight is 609 g/mol. The van der Waals surface area contributed by atoms with Crippen LogP contribution in [-0.4, -0.2) is 49.9 Å². The first-order chi connectivity index (χ1) is 20.8. The molecule has 2 amide bonds. The van der Waals surface area contributed by atoms with E-state index in [4.69, 9.17) is 30.5 Å². The first-order valence-corrected chi connectivity index (χ1v) is 13.8. The Labute approximate surface area is 254 Å². The van der Waals surface area contributed by atoms with Gasteiger partial charge in [-0.25, -0.2) is 9.59 Å². The number of halogens is 1. The monoisotopic (exact) mass is 608 g/mol. The molecular formula is C31H33ClN4O7. The van der Waals surface area contributed by atoms with Crippen LogP contribution in [0.15, 0.2) is 83.1 Å². The van der Waals surface area contributed by atoms with Gasteiger partial charge in [0.15, 0.2) is 17.7 Å². The van der Waals surface area contributed by atoms with Gasteiger partial charge in [-0.2, -0.15) is 5.10 Å². The van der Waals surface area contributed by atoms with Crippen LogP contribution in [0.3, 0.4) is 0 Å². The lowest BCUT2D eigenvalue weighted by Crippen LogP contribution is -2.45. The number of hydrazone groups is 1. The number of aliphatic hydroxyl groups excluding tert-OH is 1. The van der Waals surface area contributed by atoms with Crippen LogP contribution in [0.1, 0.15) is 36.6 Å². The number of carbonyl (C=O) groups is 2. The molecule has 12 heteroatoms. The molecule has 0 aromatic heterocycles. The summed E-state index contributed by atoms with van der Waals surface area (Å²) in [4.78, 5) is 24.5. The minimum absolute atomic E-state index is 0.135. The first kappa shape index (κ1) is 31.2. The second-order valence-electron chi connectivity index (χ2n) is 9.40. The predicted molar refractivity (Wildman–Crippen MR) is 161 cm³/mol. The van der Waals surface area contributed by atoms with Crippen molar-refractivity contribution in [2.45, 2.75) is 32.7 Å². The number of esters is 1. The molecule has 1 aliphatic rings. The zero-order valence-electron chi connectivity index (χ0n) is 23.9. The van der Waals surface area contributed by atoms with E-state index in [1.54, 1.807) is 31.3 Å². The van der Waals surface area contributed by atoms with E-state index in [1.807, 2.05) is 55.5 Å². The van der Waals surface area contributed by atoms with Crippen LogP contribution in [0.4, 0.5) is 4.79 Å². The van der Waals surface area contributed by atoms with Gasteiger partial charge < -0.3 is 34.7 Å². The molecule has 43 heavy (non-hydrogen) atoms. The summed E-state index contributed by atoms with van der Waals surface area (Å²) in [6.45, 7) is 4.05. The van der Waals surface area contributed by atoms with Crippen molar-refractivity contribution >= 4 is 29.8 Å². The normalized spacial score (nSPS) is 15.4. The molecule has 0 unspecified atom stereocenters. The van der Waals surface area contributed by atoms with Gasteiger partial charge in [0.25, 0.3) is 0 Å². The summed E-state index contributed by atoms with van der Waals surface area (Å²) in [7, 11) is 1.28. The maximum atomic E-state index is 12.4. The lowest BCUT2D eigenvalue weighted by molar-refractivity contribution is -0.136. The first-order valence-electron chi connectivity index (χ1n) is 13.5. The van der Waals surface area contributed by atoms with Gasteiger partial charge in [0.05, 0.1) is 31.5 Å². The Kier molecular flexibility index (Phi) is 10.8. The number of hydrogen-bond acceptors (Lipinski definition) is 9. The molecule has 0 aliphatic carbocycles. The number of ether oxygens (including phenoxy) is 4. The maximum absolute atomic E-state index is 12.4. The van der Waals surface area contributed by atoms with Gasteiger partial charge in [0.2, 0.25) is 0 Å². The highest BCUT2D eigenvalue weighted by Gasteiger charge is 2.32. The predicted octanol–water partition coefficient (Wildman–Crippen LogP) is 4.44. The minimum atomic E-state index is -1.12. The summed E-state index contributed by atoms with van der Waals surface area (Å²) in [6, 6.07) is 18.6. The zero-order chi connectivity index (χ0) is 30.8. The van der Waals surface area contributed by atoms with Crippen molar-refractivity contribution in [3.63, 3.8) is 0 Å². The van der Waals surface area contributed by atoms with E-state index in [1.165, 1.54) is 7.11 Å². The van der Waals surface area contributed by atoms with E-state index in [0.717, 1.165) is 11.1 Å². The Morgan fingerprint density at radius 3 is 2.60 bits per heavy atom. The Bertz CT molecular complexity index is 1490. The van der Waals surface area contributed by atoms with Gasteiger partial charge >= 0.3 is 12.0 Å². The highest BCUT2D eigenvalue weighted by atomic mass is 35.5. The molecule has 11 nitrogen and oxygen atoms in total. The number of rotatable bonds is 13. The fraction of sp³-hybridized carbons (Fsp3) is 0.258. The fourth-order valence-corrected chi connectivity index (χ4v) is 4.48. The number of nitrogens with one attached hydrogen (secondary N) is 3. The highest BCUT2D eigenvalue weighted by Crippen LogP contribution is 2.35. The number of urea groups is 1. The Morgan fingerprint density at radius 1 is 1.09 bits per heavy atom. The lowest BCUT2D eigenvalue weighted by Gasteiger charge is -2.28. The third-order valence-corrected chi connectivity index (χ3v) is 6.52. The number of carbonyl (C=O) groups excluding carboxylic acids is 2. The topological polar surface area (TPSA) is 140 Å². The van der Waals surface area contributed by atoms with Crippen LogP contribution in [-0.2, 0) is 16.1 Å². The summed E-state index contributed by atoms with van der Waals surface area (Å²) in [5, 5.41) is 20.4. The average Bonchev–Trinajstić information content (AvgIpc) is 2.99. The highest BCUT2D eigenvalue weighted by molar-refractivity contribution is 6.30. The fourth-order valence-electron chi connectivity index (χ4n) is 4.26. The molecule has 4 N–H and O–H groups in total. The SMILES string of the molecule is CCOc1cc([C@@H]2NC(=O)NC(C)=C2C(=O)OC)ccc1OC[C@H](O)N/N=C/c1ccc(OCc2cccc(Cl)c2)cc1. The van der Waals surface area contributed by atoms with Crippen LogP contribution >= 0.6 is 11.6 Å². The van der Waals surface area contributed by atoms with E-state index in [0.29, 0.717) is 46.7 Å². The van der Waals surface area contributed by atoms with E-state index < -0.39 is 24.3 Å². The van der Waals surface area contributed by atoms with E-state index in [-0.39, 0.29) is 12.2 Å². The summed E-state index contributed by atoms with van der Waals surface area (Å²) >= 11 is 6.01. The number of hydrogen-bond donors (Lipinski definition) is 4. The molecule has 3 aromatic rings. The van der Waals surface area contributed by atoms with Crippen LogP contribution in [0.25, 0.3) is 0 Å². The molecule has 226 valence electrons. The maximum Gasteiger partial charge on any atom is 0.337 e. The molecule has 0 saturated heterocycles. The molecular weight excluding hydrogens is 576 g/mol. The second kappa shape index (κ2) is 14.9. The molecule has 3 aromatic carbocycles. The van der Waals surface area contributed by atoms with Crippen molar-refractivity contribution in [2.24, 2.45) is 5.10 Å². The number of aliphatic hydroxyl groups is 1. The molecule has 1 aliphatic heterocycles. The summed E-state index contributed by atoms with van der Waals surface area (Å²) < 4.78 is 22.2. The number of allylic oxidation sites excluding steroid dienone is 1. The Hall–Kier alpha value is -4.74. The summed E-state index contributed by atoms with van der Waals surface area (Å²) in [5.74, 6) is 0.873. The van der Waals surface area contributed by atoms with Crippen molar-refractivity contribution in [2.75, 3.05) is 20.3 Å². The van der Waals surface area contributed by atoms with Crippen LogP contribution in [0.2, 0.25) is 5.02 Å². The van der Waals surface area contributed by atoms with E-state index in [9.17, 15) is 14.7 Å². The van der Waals surface area contributed by atoms with Crippen molar-refractivity contribution < 1.29 is 33.6 Å². The van der Waals surface area contributed by atoms with Crippen molar-refractivity contribution in [1.29, 1.82) is 0 Å². The molecule has 4 rings (SSSR count). The van der Waals surface area contributed by atoms with Crippen LogP contribution in [0, 0.1) is 0 Å². The molecule has 0 fully saturated rings. The molecule has 0 saturated carbocycles. The molecule has 0 radical (unpaired) electrons. The minimum Gasteiger partial charge on any atom is -0.490 e. The number of nitrogens with zero attached hydrogens (tertiary/aromatic N) is 1. The standard InChI is InChI=1S/C31H33ClN4O7/c1-4-41-26-15-22(29-28(30(38)40-3)19(2)34-31(39)35-29)10-13-25(26)43-18-27(37)36-33-16-20-8-11-24(12-9-20)42-17-21-6-5-7-23(32)14-21/h5-16,27,29,36-37H,4,17-18H2,1-3H3,(H2,34,35,39)/b33-16+/t27-,29-/m0/s1. The lowest BCUT2D eigenvalue weighted by atomic mass is 9.95. The number of methoxy groups -OCH3 is 1. The van der Waals surface area contributed by atoms with E-state index in [2.05, 4.69) is 21.2 Å². The van der Waals surface area contributed by atoms with Gasteiger partial charge in [-0.3, -0.25) is 5.43 Å². The van der Waals surface area contributed by atoms with Gasteiger partial charge in [0, 0.05) is 10.7 Å². The third-order valence-electron chi connectivity index (χ3n) is 6.28. The van der Waals surface area contributed by atoms with Gasteiger partial charge in [0.1, 0.15) is 19.0 Å². The van der Waals surface area contributed by atoms with Gasteiger partial charge in [-0.1, -0.05) is 29.8 Å². The molecule has 1 heterocycles. The van der Waals surface area contributed by atoms with Crippen molar-refractivity contribution in [3.05, 3.63) is 99.7 Å². The zero-order valence-corrected chi connectivity index (χ0v) is 24.7. The smallest absolute Gasteiger partial charge is 0.337 e. The Balaban J connectivity index is 1.32. The Morgan fingerprint density at radius 2 is 1.88 bits per heavy atom. The molecule has 0 bridgehead atoms. The van der Waals surface area contributed by atoms with Crippen LogP contribution in [0.5, 0.6) is 17.2 Å². The number of benzene rings is 3. The summed E-state index contributed by atoms with van der Waals surface area (Å²) in [5.41, 5.74) is 5.65. The largest absolute Gasteiger partial charge is 0.490 e. The quantitative estimate of drug-likeness (QED) is 0.0967. The van der Waals surface area contributed by atoms with Gasteiger partial charge in [-0.15, -0.1) is 0 Å². The number of amides is 2.